The van der Waals surface area contributed by atoms with Crippen LogP contribution >= 0.6 is 39.1 Å². The highest BCUT2D eigenvalue weighted by atomic mass is 79.9. The number of carbonyl (C=O) groups is 4. The Balaban J connectivity index is 0.000000344. The van der Waals surface area contributed by atoms with Crippen LogP contribution in [0.25, 0.3) is 11.1 Å². The summed E-state index contributed by atoms with van der Waals surface area (Å²) < 4.78 is 24.1. The number of halogens is 3. The molecule has 17 atom stereocenters. The molecule has 22 nitrogen and oxygen atoms in total. The molecule has 4 bridgehead atoms. The summed E-state index contributed by atoms with van der Waals surface area (Å²) in [6.07, 6.45) is 5.02. The number of allylic oxidation sites excluding steroid dienone is 2. The van der Waals surface area contributed by atoms with E-state index in [2.05, 4.69) is 73.4 Å². The van der Waals surface area contributed by atoms with E-state index >= 15 is 0 Å². The molecule has 586 valence electrons. The number of rotatable bonds is 20. The summed E-state index contributed by atoms with van der Waals surface area (Å²) in [6.45, 7) is 24.4. The first kappa shape index (κ1) is 91.3. The maximum atomic E-state index is 14.1. The predicted molar refractivity (Wildman–Crippen MR) is 416 cm³/mol. The van der Waals surface area contributed by atoms with Gasteiger partial charge in [-0.3, -0.25) is 24.1 Å². The number of amides is 2. The predicted octanol–water partition coefficient (Wildman–Crippen LogP) is 13.1. The van der Waals surface area contributed by atoms with E-state index in [0.29, 0.717) is 96.8 Å². The van der Waals surface area contributed by atoms with Crippen molar-refractivity contribution in [2.45, 2.75) is 225 Å². The molecule has 104 heavy (non-hydrogen) atoms. The summed E-state index contributed by atoms with van der Waals surface area (Å²) in [5.41, 5.74) is 4.65. The molecule has 0 aromatic heterocycles. The molecular formula is C78H124BBrCl2N6O16. The fourth-order valence-corrected chi connectivity index (χ4v) is 17.8. The summed E-state index contributed by atoms with van der Waals surface area (Å²) >= 11 is 16.7. The molecule has 9 fully saturated rings. The van der Waals surface area contributed by atoms with Crippen LogP contribution < -0.4 is 30.3 Å². The number of nitrogens with one attached hydrogen (secondary N) is 3. The van der Waals surface area contributed by atoms with Crippen molar-refractivity contribution in [1.29, 1.82) is 0 Å². The quantitative estimate of drug-likeness (QED) is 0.0475. The first-order valence-electron chi connectivity index (χ1n) is 34.5. The van der Waals surface area contributed by atoms with Gasteiger partial charge in [0, 0.05) is 83.2 Å². The zero-order valence-corrected chi connectivity index (χ0v) is 63.3. The van der Waals surface area contributed by atoms with Gasteiger partial charge in [-0.25, -0.2) is 4.79 Å². The molecule has 0 radical (unpaired) electrons. The fourth-order valence-electron chi connectivity index (χ4n) is 16.9. The molecule has 2 amide bonds. The van der Waals surface area contributed by atoms with E-state index in [-0.39, 0.29) is 98.3 Å². The molecule has 3 heterocycles. The second-order valence-electron chi connectivity index (χ2n) is 30.9. The van der Waals surface area contributed by atoms with Gasteiger partial charge in [-0.05, 0) is 202 Å². The van der Waals surface area contributed by atoms with Crippen molar-refractivity contribution >= 4 is 75.7 Å². The van der Waals surface area contributed by atoms with Crippen LogP contribution in [-0.4, -0.2) is 180 Å². The minimum absolute atomic E-state index is 0. The highest BCUT2D eigenvalue weighted by molar-refractivity contribution is 9.10. The number of carboxylic acid groups (broad SMARTS) is 2. The number of anilines is 1. The van der Waals surface area contributed by atoms with E-state index in [1.165, 1.54) is 25.0 Å². The summed E-state index contributed by atoms with van der Waals surface area (Å²) in [6, 6.07) is 10.5. The molecule has 26 heteroatoms. The van der Waals surface area contributed by atoms with Gasteiger partial charge >= 0.3 is 19.1 Å². The molecule has 3 saturated heterocycles. The molecule has 13 rings (SSSR count). The third-order valence-corrected chi connectivity index (χ3v) is 25.2. The third-order valence-electron chi connectivity index (χ3n) is 23.9. The lowest BCUT2D eigenvalue weighted by Crippen LogP contribution is -2.62. The van der Waals surface area contributed by atoms with Gasteiger partial charge in [-0.2, -0.15) is 10.1 Å². The number of fused-ring (bicyclic) bond motifs is 4. The van der Waals surface area contributed by atoms with E-state index in [1.54, 1.807) is 75.5 Å². The summed E-state index contributed by atoms with van der Waals surface area (Å²) in [7, 11) is 8.02. The van der Waals surface area contributed by atoms with Crippen LogP contribution in [-0.2, 0) is 46.5 Å². The van der Waals surface area contributed by atoms with Crippen LogP contribution in [0.4, 0.5) is 5.69 Å². The maximum Gasteiger partial charge on any atom is 0.490 e. The van der Waals surface area contributed by atoms with E-state index in [9.17, 15) is 49.8 Å². The maximum absolute atomic E-state index is 14.1. The van der Waals surface area contributed by atoms with Gasteiger partial charge in [0.15, 0.2) is 0 Å². The number of methoxy groups -OCH3 is 2. The van der Waals surface area contributed by atoms with Crippen molar-refractivity contribution in [3.05, 3.63) is 97.0 Å². The number of aliphatic carboxylic acids is 1. The number of carboxylic acids is 2. The van der Waals surface area contributed by atoms with Gasteiger partial charge in [0.1, 0.15) is 35.8 Å². The van der Waals surface area contributed by atoms with E-state index in [0.717, 1.165) is 28.5 Å². The molecule has 10 aliphatic rings. The average Bonchev–Trinajstić information content (AvgIpc) is 1.02. The van der Waals surface area contributed by atoms with Crippen molar-refractivity contribution in [2.24, 2.45) is 64.1 Å². The zero-order valence-electron chi connectivity index (χ0n) is 60.2. The highest BCUT2D eigenvalue weighted by Gasteiger charge is 2.60. The SMILES string of the molecule is C.C.C.C.C.CNC1=CC(C(=O)O)CC(B2OC(C)(C)C(C)(C)O2)=C1.COc1c(-c2cc(C(=O)O)cc(N(C)C)c2)ccc(Cl)c1CN1O[C@@H](CO)[C@@H]([C@H](C)O)[C@H]1C(=O)N[C@H]1C[C@H]2C[C@@H]([C@@H]1C)C2(C)C.COc1c(Br)ccc(Cl)c1CN1O[C@@H](CO)[C@@H]([C@H](C)O)[C@H]1C(=O)N[C@H]1C[C@H]2C[C@@H]([C@@H]1C)C2(C)C. The van der Waals surface area contributed by atoms with Gasteiger partial charge in [0.25, 0.3) is 0 Å². The van der Waals surface area contributed by atoms with Crippen molar-refractivity contribution in [3.8, 4) is 22.6 Å². The Labute approximate surface area is 638 Å². The number of likely N-dealkylation sites (N-methyl/N-ethyl adjacent to an activating group) is 1. The summed E-state index contributed by atoms with van der Waals surface area (Å²) in [5.74, 6) is -0.239. The van der Waals surface area contributed by atoms with Crippen LogP contribution in [0.5, 0.6) is 11.5 Å². The van der Waals surface area contributed by atoms with Crippen LogP contribution in [0.1, 0.15) is 174 Å². The number of nitrogens with zero attached hydrogens (tertiary/aromatic N) is 3. The Hall–Kier alpha value is -5.06. The van der Waals surface area contributed by atoms with Gasteiger partial charge < -0.3 is 70.3 Å². The number of aliphatic hydroxyl groups excluding tert-OH is 4. The number of aromatic carboxylic acids is 1. The average molecular weight is 1560 g/mol. The minimum atomic E-state index is -1.06. The Morgan fingerprint density at radius 1 is 0.692 bits per heavy atom. The lowest BCUT2D eigenvalue weighted by Gasteiger charge is -2.62. The van der Waals surface area contributed by atoms with E-state index in [1.807, 2.05) is 58.8 Å². The monoisotopic (exact) mass is 1560 g/mol. The normalized spacial score (nSPS) is 29.7. The minimum Gasteiger partial charge on any atom is -0.496 e. The Morgan fingerprint density at radius 2 is 1.13 bits per heavy atom. The number of hydroxylamine groups is 4. The largest absolute Gasteiger partial charge is 0.496 e. The number of hydrogen-bond donors (Lipinski definition) is 9. The highest BCUT2D eigenvalue weighted by Crippen LogP contribution is 2.62. The van der Waals surface area contributed by atoms with E-state index in [4.69, 9.17) is 51.7 Å². The van der Waals surface area contributed by atoms with Crippen molar-refractivity contribution in [1.82, 2.24) is 26.1 Å². The Morgan fingerprint density at radius 3 is 1.51 bits per heavy atom. The topological polar surface area (TPSA) is 291 Å². The van der Waals surface area contributed by atoms with Crippen molar-refractivity contribution in [3.63, 3.8) is 0 Å². The smallest absolute Gasteiger partial charge is 0.490 e. The molecule has 9 N–H and O–H groups in total. The molecule has 0 spiro atoms. The van der Waals surface area contributed by atoms with Gasteiger partial charge in [-0.15, -0.1) is 0 Å². The second-order valence-corrected chi connectivity index (χ2v) is 32.6. The van der Waals surface area contributed by atoms with Crippen molar-refractivity contribution in [2.75, 3.05) is 53.5 Å². The molecule has 3 aliphatic heterocycles. The number of carbonyl (C=O) groups excluding carboxylic acids is 2. The number of aliphatic hydroxyl groups is 4. The molecule has 3 aromatic rings. The number of ether oxygens (including phenoxy) is 2. The van der Waals surface area contributed by atoms with Crippen LogP contribution in [0.2, 0.25) is 10.0 Å². The van der Waals surface area contributed by atoms with Gasteiger partial charge in [-0.1, -0.05) is 102 Å². The van der Waals surface area contributed by atoms with Crippen LogP contribution in [0, 0.1) is 64.1 Å². The first-order valence-corrected chi connectivity index (χ1v) is 36.1. The first-order chi connectivity index (χ1) is 46.4. The lowest BCUT2D eigenvalue weighted by molar-refractivity contribution is -0.183. The third kappa shape index (κ3) is 18.1. The fraction of sp³-hybridized carbons (Fsp3) is 0.667. The summed E-state index contributed by atoms with van der Waals surface area (Å²) in [4.78, 5) is 65.0. The van der Waals surface area contributed by atoms with Crippen LogP contribution in [0.3, 0.4) is 0 Å². The molecule has 7 aliphatic carbocycles. The van der Waals surface area contributed by atoms with Crippen LogP contribution in [0.15, 0.2) is 70.3 Å². The Kier molecular flexibility index (Phi) is 31.6. The molecule has 1 unspecified atom stereocenters. The summed E-state index contributed by atoms with van der Waals surface area (Å²) in [5, 5.41) is 74.1. The van der Waals surface area contributed by atoms with E-state index < -0.39 is 84.5 Å². The lowest BCUT2D eigenvalue weighted by atomic mass is 9.45. The molecule has 3 aromatic carbocycles. The standard InChI is InChI=1S/C34H46ClN3O7.C25H36BrClN2O5.C14H22BNO4.5CH4/c1-17-25-13-21(34(25,3)4)14-27(17)36-32(41)30-29(18(2)40)28(16-39)45-38(30)15-24-26(35)9-8-23(31(24)44-7)19-10-20(33(42)43)12-22(11-19)37(5)6;1-12-16-8-14(25(16,3)4)9-19(12)28-24(32)22-21(13(2)31)20(11-30)34-29(22)10-15-18(27)7-6-17(26)23(15)33-5;1-13(2)14(3,4)20-15(19-13)10-6-9(12(17)18)7-11(8-10)16-5;;;;;/h8-12,17-18,21,25,27-30,39-40H,13-16H2,1-7H3,(H,36,41)(H,42,43);6-7,12-14,16,19-22,30-31H,8-11H2,1-5H3,(H,28,32);7-9,16H,6H2,1-5H3,(H,17,18);5*1H4/t17-,18-,21+,25-,27-,28-,29+,30-;12-,13-,14+,16-,19-,20-,21+,22-;;;;;;/m00....../s1. The van der Waals surface area contributed by atoms with Crippen molar-refractivity contribution < 1.29 is 78.3 Å². The number of hydrogen-bond acceptors (Lipinski definition) is 18. The second kappa shape index (κ2) is 36.0. The Bertz CT molecular complexity index is 3520. The molecule has 6 saturated carbocycles. The van der Waals surface area contributed by atoms with Gasteiger partial charge in [0.2, 0.25) is 11.8 Å². The van der Waals surface area contributed by atoms with Gasteiger partial charge in [0.05, 0.1) is 79.9 Å². The molecular weight excluding hydrogens is 1440 g/mol. The number of benzene rings is 3. The zero-order chi connectivity index (χ0) is 73.0.